The van der Waals surface area contributed by atoms with Gasteiger partial charge in [-0.3, -0.25) is 47.9 Å². The van der Waals surface area contributed by atoms with Crippen molar-refractivity contribution in [3.05, 3.63) is 25.3 Å². The minimum absolute atomic E-state index is 0.00359. The number of ether oxygens (including phenoxy) is 10. The normalized spacial score (nSPS) is 13.1. The van der Waals surface area contributed by atoms with Crippen LogP contribution in [0.3, 0.4) is 0 Å². The van der Waals surface area contributed by atoms with E-state index in [1.807, 2.05) is 0 Å². The Labute approximate surface area is 531 Å². The standard InChI is InChI=1S/C64H108N2O24/c1-5-17-49(19-13-37-85-59(75)27-25-53(69)29-33-67)62(78)89-40-16-22-52(63(79)88-36-12-10-24-58(74)84-8-4)46-56(72)48-66-32-42-82-44-43-81-41-31-65-47-55(71)45-51(21-15-38-86-60(76)28-26-54(70)30-34-68)64(80)90-39-14-20-50(18-6-2)61(77)87-35-11-9-23-57(73)83-7-3/h5-6,49-52,55-56,65-68,71-72H,1-2,7-48H2,3-4H3. The van der Waals surface area contributed by atoms with Gasteiger partial charge in [-0.05, 0) is 117 Å². The van der Waals surface area contributed by atoms with Crippen molar-refractivity contribution in [1.29, 1.82) is 0 Å². The molecule has 0 heterocycles. The van der Waals surface area contributed by atoms with Gasteiger partial charge in [-0.2, -0.15) is 0 Å². The zero-order valence-corrected chi connectivity index (χ0v) is 53.7. The van der Waals surface area contributed by atoms with Crippen molar-refractivity contribution in [2.24, 2.45) is 23.7 Å². The fraction of sp³-hybridized carbons (Fsp3) is 0.781. The molecule has 0 aliphatic carbocycles. The number of hydrogen-bond acceptors (Lipinski definition) is 26. The summed E-state index contributed by atoms with van der Waals surface area (Å²) in [6, 6.07) is 0. The van der Waals surface area contributed by atoms with Gasteiger partial charge in [0.1, 0.15) is 11.6 Å². The van der Waals surface area contributed by atoms with Gasteiger partial charge in [-0.25, -0.2) is 0 Å². The van der Waals surface area contributed by atoms with Gasteiger partial charge in [0.05, 0.1) is 128 Å². The summed E-state index contributed by atoms with van der Waals surface area (Å²) in [6.45, 7) is 13.3. The van der Waals surface area contributed by atoms with Crippen molar-refractivity contribution >= 4 is 59.3 Å². The van der Waals surface area contributed by atoms with E-state index in [0.29, 0.717) is 96.9 Å². The molecule has 0 saturated carbocycles. The molecule has 0 aromatic carbocycles. The number of hydrogen-bond donors (Lipinski definition) is 6. The van der Waals surface area contributed by atoms with Crippen LogP contribution >= 0.6 is 0 Å². The minimum atomic E-state index is -0.958. The summed E-state index contributed by atoms with van der Waals surface area (Å²) in [5.41, 5.74) is 0. The molecule has 26 nitrogen and oxygen atoms in total. The smallest absolute Gasteiger partial charge is 0.309 e. The van der Waals surface area contributed by atoms with E-state index in [4.69, 9.17) is 57.6 Å². The zero-order valence-electron chi connectivity index (χ0n) is 53.7. The number of rotatable bonds is 63. The van der Waals surface area contributed by atoms with Crippen molar-refractivity contribution in [1.82, 2.24) is 10.6 Å². The predicted molar refractivity (Wildman–Crippen MR) is 328 cm³/mol. The SMILES string of the molecule is C=CCC(CCCOC(=O)CCC(=O)CCO)C(=O)OCCCC(CC(O)CNCCOCCOCCNCC(O)CC(CCCOC(=O)CCC(=O)CCO)C(=O)OCCCC(CC=C)C(=O)OCCCCC(=O)OCC)C(=O)OCCCCC(=O)OCC. The molecule has 0 amide bonds. The lowest BCUT2D eigenvalue weighted by Gasteiger charge is -2.20. The summed E-state index contributed by atoms with van der Waals surface area (Å²) < 4.78 is 53.7. The van der Waals surface area contributed by atoms with E-state index in [1.165, 1.54) is 0 Å². The molecule has 26 heteroatoms. The van der Waals surface area contributed by atoms with E-state index in [0.717, 1.165) is 0 Å². The van der Waals surface area contributed by atoms with Crippen LogP contribution in [0.5, 0.6) is 0 Å². The number of ketones is 2. The molecule has 0 aromatic heterocycles. The quantitative estimate of drug-likeness (QED) is 0.0209. The van der Waals surface area contributed by atoms with Crippen molar-refractivity contribution in [3.8, 4) is 0 Å². The van der Waals surface area contributed by atoms with Crippen LogP contribution in [0.15, 0.2) is 25.3 Å². The van der Waals surface area contributed by atoms with E-state index < -0.39 is 71.7 Å². The highest BCUT2D eigenvalue weighted by atomic mass is 16.6. The summed E-state index contributed by atoms with van der Waals surface area (Å²) in [7, 11) is 0. The predicted octanol–water partition coefficient (Wildman–Crippen LogP) is 4.63. The molecule has 0 aliphatic rings. The Morgan fingerprint density at radius 1 is 0.378 bits per heavy atom. The van der Waals surface area contributed by atoms with Crippen LogP contribution in [0.2, 0.25) is 0 Å². The molecule has 90 heavy (non-hydrogen) atoms. The maximum Gasteiger partial charge on any atom is 0.309 e. The van der Waals surface area contributed by atoms with E-state index in [9.17, 15) is 58.2 Å². The van der Waals surface area contributed by atoms with Gasteiger partial charge in [-0.1, -0.05) is 12.2 Å². The Balaban J connectivity index is 5.00. The number of carbonyl (C=O) groups is 10. The van der Waals surface area contributed by atoms with Gasteiger partial charge < -0.3 is 78.4 Å². The first-order chi connectivity index (χ1) is 43.4. The molecule has 0 radical (unpaired) electrons. The second kappa shape index (κ2) is 58.4. The lowest BCUT2D eigenvalue weighted by Crippen LogP contribution is -2.33. The number of nitrogens with one attached hydrogen (secondary N) is 2. The molecule has 0 bridgehead atoms. The Hall–Kier alpha value is -5.74. The third-order valence-corrected chi connectivity index (χ3v) is 13.8. The number of carbonyl (C=O) groups excluding carboxylic acids is 10. The number of allylic oxidation sites excluding steroid dienone is 2. The third kappa shape index (κ3) is 49.0. The summed E-state index contributed by atoms with van der Waals surface area (Å²) in [4.78, 5) is 123. The van der Waals surface area contributed by atoms with Crippen LogP contribution in [0, 0.1) is 23.7 Å². The third-order valence-electron chi connectivity index (χ3n) is 13.8. The van der Waals surface area contributed by atoms with Crippen molar-refractivity contribution < 1.29 is 116 Å². The molecule has 0 aliphatic heterocycles. The van der Waals surface area contributed by atoms with Gasteiger partial charge in [-0.15, -0.1) is 13.2 Å². The van der Waals surface area contributed by atoms with Gasteiger partial charge in [0.15, 0.2) is 0 Å². The molecule has 6 atom stereocenters. The van der Waals surface area contributed by atoms with Crippen molar-refractivity contribution in [2.45, 2.75) is 180 Å². The fourth-order valence-electron chi connectivity index (χ4n) is 8.89. The molecule has 0 aromatic rings. The van der Waals surface area contributed by atoms with Crippen LogP contribution in [0.4, 0.5) is 0 Å². The highest BCUT2D eigenvalue weighted by molar-refractivity contribution is 5.83. The Morgan fingerprint density at radius 2 is 0.700 bits per heavy atom. The van der Waals surface area contributed by atoms with Gasteiger partial charge >= 0.3 is 47.8 Å². The van der Waals surface area contributed by atoms with E-state index in [1.54, 1.807) is 26.0 Å². The van der Waals surface area contributed by atoms with Crippen LogP contribution in [0.1, 0.15) is 168 Å². The summed E-state index contributed by atoms with van der Waals surface area (Å²) in [6.07, 6.45) is 6.56. The highest BCUT2D eigenvalue weighted by Gasteiger charge is 2.27. The topological polar surface area (TPSA) is 368 Å². The zero-order chi connectivity index (χ0) is 66.8. The van der Waals surface area contributed by atoms with Gasteiger partial charge in [0.25, 0.3) is 0 Å². The molecular weight excluding hydrogens is 1180 g/mol. The van der Waals surface area contributed by atoms with Gasteiger partial charge in [0.2, 0.25) is 0 Å². The molecule has 0 saturated heterocycles. The summed E-state index contributed by atoms with van der Waals surface area (Å²) in [5.74, 6) is -6.76. The number of aliphatic hydroxyl groups excluding tert-OH is 4. The maximum atomic E-state index is 13.4. The van der Waals surface area contributed by atoms with Crippen molar-refractivity contribution in [3.63, 3.8) is 0 Å². The first kappa shape index (κ1) is 84.3. The second-order valence-corrected chi connectivity index (χ2v) is 21.5. The summed E-state index contributed by atoms with van der Waals surface area (Å²) >= 11 is 0. The Kier molecular flexibility index (Phi) is 54.6. The van der Waals surface area contributed by atoms with Crippen molar-refractivity contribution in [2.75, 3.05) is 119 Å². The first-order valence-electron chi connectivity index (χ1n) is 32.1. The number of esters is 8. The van der Waals surface area contributed by atoms with Crippen LogP contribution < -0.4 is 10.6 Å². The number of unbranched alkanes of at least 4 members (excludes halogenated alkanes) is 2. The van der Waals surface area contributed by atoms with Crippen LogP contribution in [-0.4, -0.2) is 211 Å². The highest BCUT2D eigenvalue weighted by Crippen LogP contribution is 2.21. The second-order valence-electron chi connectivity index (χ2n) is 21.5. The molecule has 0 rings (SSSR count). The van der Waals surface area contributed by atoms with E-state index in [2.05, 4.69) is 23.8 Å². The average molecular weight is 1290 g/mol. The van der Waals surface area contributed by atoms with E-state index >= 15 is 0 Å². The molecule has 6 N–H and O–H groups in total. The first-order valence-corrected chi connectivity index (χ1v) is 32.1. The Morgan fingerprint density at radius 3 is 1.04 bits per heavy atom. The minimum Gasteiger partial charge on any atom is -0.466 e. The molecule has 0 spiro atoms. The molecule has 518 valence electrons. The molecule has 6 unspecified atom stereocenters. The van der Waals surface area contributed by atoms with Gasteiger partial charge in [0, 0.05) is 77.9 Å². The number of aliphatic hydroxyl groups is 4. The number of Topliss-reactive ketones (excluding diaryl/α,β-unsaturated/α-hetero) is 2. The Bertz CT molecular complexity index is 2010. The lowest BCUT2D eigenvalue weighted by molar-refractivity contribution is -0.152. The molecule has 0 fully saturated rings. The van der Waals surface area contributed by atoms with Crippen LogP contribution in [-0.2, 0) is 95.3 Å². The summed E-state index contributed by atoms with van der Waals surface area (Å²) in [5, 5.41) is 45.9. The maximum absolute atomic E-state index is 13.4. The van der Waals surface area contributed by atoms with Crippen LogP contribution in [0.25, 0.3) is 0 Å². The average Bonchev–Trinajstić information content (AvgIpc) is 3.72. The van der Waals surface area contributed by atoms with E-state index in [-0.39, 0.29) is 199 Å². The monoisotopic (exact) mass is 1290 g/mol. The molecular formula is C64H108N2O24. The fourth-order valence-corrected chi connectivity index (χ4v) is 8.89. The largest absolute Gasteiger partial charge is 0.466 e. The lowest BCUT2D eigenvalue weighted by atomic mass is 9.96.